The van der Waals surface area contributed by atoms with Gasteiger partial charge >= 0.3 is 0 Å². The van der Waals surface area contributed by atoms with Crippen molar-refractivity contribution in [1.82, 2.24) is 9.97 Å². The number of aromatic nitrogens is 2. The number of terminal acetylenes is 1. The topological polar surface area (TPSA) is 169 Å². The van der Waals surface area contributed by atoms with Gasteiger partial charge in [-0.05, 0) is 24.3 Å². The fourth-order valence-electron chi connectivity index (χ4n) is 2.68. The van der Waals surface area contributed by atoms with Gasteiger partial charge in [0.2, 0.25) is 0 Å². The molecule has 10 heteroatoms. The summed E-state index contributed by atoms with van der Waals surface area (Å²) >= 11 is 0. The van der Waals surface area contributed by atoms with Crippen LogP contribution in [0.1, 0.15) is 5.56 Å². The van der Waals surface area contributed by atoms with Crippen LogP contribution >= 0.6 is 0 Å². The van der Waals surface area contributed by atoms with Crippen molar-refractivity contribution >= 4 is 22.4 Å². The quantitative estimate of drug-likeness (QED) is 0.264. The van der Waals surface area contributed by atoms with E-state index in [1.807, 2.05) is 36.4 Å². The first-order valence-electron chi connectivity index (χ1n) is 9.61. The highest BCUT2D eigenvalue weighted by molar-refractivity contribution is 5.93. The van der Waals surface area contributed by atoms with E-state index >= 15 is 0 Å². The number of methoxy groups -OCH3 is 2. The Hall–Kier alpha value is -3.72. The van der Waals surface area contributed by atoms with E-state index in [0.717, 1.165) is 22.2 Å². The molecule has 1 aromatic heterocycles. The SMILES string of the molecule is C#Cc1cccc(Nc2ncnc3cc(OCCOC)c(OCCOC)cc23)c1.C=C.O.O.O. The average Bonchev–Trinajstić information content (AvgIpc) is 2.81. The van der Waals surface area contributed by atoms with E-state index in [9.17, 15) is 0 Å². The second-order valence-electron chi connectivity index (χ2n) is 6.07. The van der Waals surface area contributed by atoms with Crippen molar-refractivity contribution in [2.75, 3.05) is 46.0 Å². The third-order valence-electron chi connectivity index (χ3n) is 4.08. The van der Waals surface area contributed by atoms with Gasteiger partial charge in [0.1, 0.15) is 25.4 Å². The Balaban J connectivity index is 0. The van der Waals surface area contributed by atoms with Gasteiger partial charge in [-0.3, -0.25) is 0 Å². The van der Waals surface area contributed by atoms with Crippen molar-refractivity contribution in [2.24, 2.45) is 0 Å². The van der Waals surface area contributed by atoms with Crippen LogP contribution in [0.4, 0.5) is 11.5 Å². The minimum absolute atomic E-state index is 0. The summed E-state index contributed by atoms with van der Waals surface area (Å²) in [5.41, 5.74) is 2.34. The fraction of sp³-hybridized carbons (Fsp3) is 0.250. The van der Waals surface area contributed by atoms with Gasteiger partial charge in [0.05, 0.1) is 18.7 Å². The molecule has 0 fully saturated rings. The molecule has 0 aliphatic rings. The molecule has 0 unspecified atom stereocenters. The summed E-state index contributed by atoms with van der Waals surface area (Å²) in [5.74, 6) is 4.44. The summed E-state index contributed by atoms with van der Waals surface area (Å²) in [7, 11) is 3.25. The molecule has 0 bridgehead atoms. The molecular weight excluding hydrogens is 442 g/mol. The highest BCUT2D eigenvalue weighted by atomic mass is 16.5. The lowest BCUT2D eigenvalue weighted by Crippen LogP contribution is -2.09. The summed E-state index contributed by atoms with van der Waals surface area (Å²) in [5, 5.41) is 4.10. The summed E-state index contributed by atoms with van der Waals surface area (Å²) in [6.45, 7) is 7.73. The number of hydrogen-bond acceptors (Lipinski definition) is 7. The summed E-state index contributed by atoms with van der Waals surface area (Å²) in [6.07, 6.45) is 6.99. The van der Waals surface area contributed by atoms with Gasteiger partial charge in [-0.2, -0.15) is 0 Å². The zero-order valence-corrected chi connectivity index (χ0v) is 19.4. The average molecular weight is 476 g/mol. The van der Waals surface area contributed by atoms with Crippen LogP contribution in [-0.2, 0) is 9.47 Å². The molecule has 2 aromatic carbocycles. The van der Waals surface area contributed by atoms with Crippen LogP contribution < -0.4 is 14.8 Å². The molecule has 7 N–H and O–H groups in total. The van der Waals surface area contributed by atoms with Crippen LogP contribution in [0, 0.1) is 12.3 Å². The Kier molecular flexibility index (Phi) is 17.0. The predicted molar refractivity (Wildman–Crippen MR) is 134 cm³/mol. The first kappa shape index (κ1) is 32.5. The molecule has 0 radical (unpaired) electrons. The molecule has 3 rings (SSSR count). The predicted octanol–water partition coefficient (Wildman–Crippen LogP) is 1.73. The fourth-order valence-corrected chi connectivity index (χ4v) is 2.68. The number of benzene rings is 2. The van der Waals surface area contributed by atoms with Crippen molar-refractivity contribution in [3.8, 4) is 23.8 Å². The molecule has 0 aliphatic carbocycles. The van der Waals surface area contributed by atoms with Crippen LogP contribution in [-0.4, -0.2) is 67.0 Å². The second-order valence-corrected chi connectivity index (χ2v) is 6.07. The number of hydrogen-bond donors (Lipinski definition) is 1. The molecule has 10 nitrogen and oxygen atoms in total. The lowest BCUT2D eigenvalue weighted by Gasteiger charge is -2.15. The van der Waals surface area contributed by atoms with Crippen molar-refractivity contribution < 1.29 is 35.4 Å². The standard InChI is InChI=1S/C22H23N3O4.C2H4.3H2O/c1-4-16-6-5-7-17(12-16)25-22-18-13-20(28-10-8-26-2)21(29-11-9-27-3)14-19(18)23-15-24-22;1-2;;;/h1,5-7,12-15H,8-11H2,2-3H3,(H,23,24,25);1-2H2;3*1H2. The molecule has 0 amide bonds. The monoisotopic (exact) mass is 475 g/mol. The number of rotatable bonds is 10. The van der Waals surface area contributed by atoms with Gasteiger partial charge in [-0.1, -0.05) is 12.0 Å². The van der Waals surface area contributed by atoms with Crippen LogP contribution in [0.5, 0.6) is 11.5 Å². The van der Waals surface area contributed by atoms with E-state index < -0.39 is 0 Å². The second kappa shape index (κ2) is 17.8. The van der Waals surface area contributed by atoms with Gasteiger partial charge in [-0.15, -0.1) is 19.6 Å². The van der Waals surface area contributed by atoms with E-state index in [1.54, 1.807) is 14.2 Å². The molecular formula is C24H33N3O7. The maximum atomic E-state index is 5.86. The molecule has 0 spiro atoms. The molecule has 1 heterocycles. The summed E-state index contributed by atoms with van der Waals surface area (Å²) in [4.78, 5) is 8.75. The number of fused-ring (bicyclic) bond motifs is 1. The largest absolute Gasteiger partial charge is 0.487 e. The molecule has 0 saturated carbocycles. The zero-order valence-electron chi connectivity index (χ0n) is 19.4. The lowest BCUT2D eigenvalue weighted by molar-refractivity contribution is 0.132. The maximum Gasteiger partial charge on any atom is 0.163 e. The zero-order chi connectivity index (χ0) is 22.5. The summed E-state index contributed by atoms with van der Waals surface area (Å²) in [6, 6.07) is 11.3. The smallest absolute Gasteiger partial charge is 0.163 e. The van der Waals surface area contributed by atoms with Crippen molar-refractivity contribution in [1.29, 1.82) is 0 Å². The Morgan fingerprint density at radius 3 is 2.09 bits per heavy atom. The van der Waals surface area contributed by atoms with E-state index in [4.69, 9.17) is 25.4 Å². The van der Waals surface area contributed by atoms with Gasteiger partial charge in [-0.25, -0.2) is 9.97 Å². The number of anilines is 2. The lowest BCUT2D eigenvalue weighted by atomic mass is 10.2. The van der Waals surface area contributed by atoms with Crippen molar-refractivity contribution in [3.63, 3.8) is 0 Å². The third-order valence-corrected chi connectivity index (χ3v) is 4.08. The number of ether oxygens (including phenoxy) is 4. The molecule has 3 aromatic rings. The Bertz CT molecular complexity index is 1030. The molecule has 0 saturated heterocycles. The maximum absolute atomic E-state index is 5.86. The molecule has 34 heavy (non-hydrogen) atoms. The minimum atomic E-state index is 0. The van der Waals surface area contributed by atoms with Crippen molar-refractivity contribution in [3.05, 3.63) is 61.4 Å². The first-order chi connectivity index (χ1) is 15.2. The number of nitrogens with zero attached hydrogens (tertiary/aromatic N) is 2. The van der Waals surface area contributed by atoms with Gasteiger partial charge in [0.25, 0.3) is 0 Å². The van der Waals surface area contributed by atoms with E-state index in [1.165, 1.54) is 6.33 Å². The molecule has 0 atom stereocenters. The highest BCUT2D eigenvalue weighted by Crippen LogP contribution is 2.35. The highest BCUT2D eigenvalue weighted by Gasteiger charge is 2.13. The Morgan fingerprint density at radius 1 is 0.882 bits per heavy atom. The first-order valence-corrected chi connectivity index (χ1v) is 9.61. The third kappa shape index (κ3) is 9.03. The Labute approximate surface area is 199 Å². The molecule has 186 valence electrons. The van der Waals surface area contributed by atoms with Crippen LogP contribution in [0.3, 0.4) is 0 Å². The van der Waals surface area contributed by atoms with E-state index in [2.05, 4.69) is 34.4 Å². The summed E-state index contributed by atoms with van der Waals surface area (Å²) < 4.78 is 21.8. The van der Waals surface area contributed by atoms with Gasteiger partial charge < -0.3 is 40.7 Å². The molecule has 0 aliphatic heterocycles. The van der Waals surface area contributed by atoms with Crippen LogP contribution in [0.15, 0.2) is 55.9 Å². The van der Waals surface area contributed by atoms with Crippen LogP contribution in [0.2, 0.25) is 0 Å². The van der Waals surface area contributed by atoms with Crippen molar-refractivity contribution in [2.45, 2.75) is 0 Å². The van der Waals surface area contributed by atoms with Gasteiger partial charge in [0, 0.05) is 36.9 Å². The minimum Gasteiger partial charge on any atom is -0.487 e. The van der Waals surface area contributed by atoms with E-state index in [0.29, 0.717) is 43.7 Å². The van der Waals surface area contributed by atoms with Crippen LogP contribution in [0.25, 0.3) is 10.9 Å². The number of nitrogens with one attached hydrogen (secondary N) is 1. The van der Waals surface area contributed by atoms with E-state index in [-0.39, 0.29) is 16.4 Å². The Morgan fingerprint density at radius 2 is 1.50 bits per heavy atom. The normalized spacial score (nSPS) is 9.09. The van der Waals surface area contributed by atoms with Gasteiger partial charge in [0.15, 0.2) is 11.5 Å².